The van der Waals surface area contributed by atoms with E-state index in [9.17, 15) is 4.79 Å². The number of ether oxygens (including phenoxy) is 1. The third-order valence-corrected chi connectivity index (χ3v) is 9.91. The van der Waals surface area contributed by atoms with E-state index in [1.54, 1.807) is 6.08 Å². The maximum atomic E-state index is 11.5. The van der Waals surface area contributed by atoms with E-state index in [1.807, 2.05) is 6.92 Å². The molecule has 0 saturated carbocycles. The predicted molar refractivity (Wildman–Crippen MR) is 243 cm³/mol. The minimum Gasteiger partial charge on any atom is -0.432 e. The number of hydrogen-bond acceptors (Lipinski definition) is 2. The molecule has 0 radical (unpaired) electrons. The van der Waals surface area contributed by atoms with E-state index in [-0.39, 0.29) is 5.97 Å². The highest BCUT2D eigenvalue weighted by molar-refractivity contribution is 5.83. The second-order valence-electron chi connectivity index (χ2n) is 16.1. The van der Waals surface area contributed by atoms with Gasteiger partial charge in [0.2, 0.25) is 0 Å². The first kappa shape index (κ1) is 50.6. The summed E-state index contributed by atoms with van der Waals surface area (Å²) >= 11 is 0. The number of carbonyl (C=O) groups is 1. The highest BCUT2D eigenvalue weighted by Crippen LogP contribution is 2.18. The van der Waals surface area contributed by atoms with Crippen LogP contribution in [-0.4, -0.2) is 5.97 Å². The van der Waals surface area contributed by atoms with E-state index >= 15 is 0 Å². The molecule has 0 bridgehead atoms. The smallest absolute Gasteiger partial charge is 0.335 e. The van der Waals surface area contributed by atoms with Crippen LogP contribution in [0.2, 0.25) is 0 Å². The van der Waals surface area contributed by atoms with Crippen LogP contribution in [0.25, 0.3) is 0 Å². The molecule has 0 heterocycles. The van der Waals surface area contributed by atoms with E-state index in [0.29, 0.717) is 0 Å². The van der Waals surface area contributed by atoms with Gasteiger partial charge in [-0.1, -0.05) is 117 Å². The lowest BCUT2D eigenvalue weighted by Gasteiger charge is -2.04. The molecule has 0 aromatic carbocycles. The lowest BCUT2D eigenvalue weighted by atomic mass is 10.0. The van der Waals surface area contributed by atoms with E-state index in [2.05, 4.69) is 131 Å². The van der Waals surface area contributed by atoms with Gasteiger partial charge < -0.3 is 4.74 Å². The molecule has 2 nitrogen and oxygen atoms in total. The van der Waals surface area contributed by atoms with Crippen LogP contribution in [-0.2, 0) is 9.53 Å². The molecule has 54 heavy (non-hydrogen) atoms. The van der Waals surface area contributed by atoms with E-state index in [4.69, 9.17) is 4.74 Å². The monoisotopic (exact) mass is 739 g/mol. The SMILES string of the molecule is C=COC(=O)C=C(C)CCC=C(C)CCC=C(C)CCC=C(C)CCC=C(C)CCC=C(C)CCC=C(C)CCC=C(C)CCC=C(C)CCC=C(C)C. The van der Waals surface area contributed by atoms with Crippen molar-refractivity contribution in [3.63, 3.8) is 0 Å². The largest absolute Gasteiger partial charge is 0.432 e. The predicted octanol–water partition coefficient (Wildman–Crippen LogP) is 17.2. The van der Waals surface area contributed by atoms with Crippen molar-refractivity contribution < 1.29 is 9.53 Å². The maximum absolute atomic E-state index is 11.5. The summed E-state index contributed by atoms with van der Waals surface area (Å²) in [7, 11) is 0. The molecule has 0 unspecified atom stereocenters. The number of hydrogen-bond donors (Lipinski definition) is 0. The van der Waals surface area contributed by atoms with Gasteiger partial charge in [0.25, 0.3) is 0 Å². The molecule has 0 aromatic rings. The Morgan fingerprint density at radius 3 is 0.759 bits per heavy atom. The Labute approximate surface area is 335 Å². The van der Waals surface area contributed by atoms with Gasteiger partial charge in [-0.05, 0) is 192 Å². The number of carbonyl (C=O) groups excluding carboxylic acids is 1. The molecule has 0 spiro atoms. The minimum absolute atomic E-state index is 0.351. The van der Waals surface area contributed by atoms with Gasteiger partial charge in [0.05, 0.1) is 6.26 Å². The first-order chi connectivity index (χ1) is 25.7. The van der Waals surface area contributed by atoms with Crippen molar-refractivity contribution >= 4 is 5.97 Å². The van der Waals surface area contributed by atoms with Crippen LogP contribution in [0.5, 0.6) is 0 Å². The maximum Gasteiger partial charge on any atom is 0.335 e. The summed E-state index contributed by atoms with van der Waals surface area (Å²) in [6.45, 7) is 27.9. The Bertz CT molecular complexity index is 1400. The Hall–Kier alpha value is -3.39. The van der Waals surface area contributed by atoms with Crippen molar-refractivity contribution in [3.8, 4) is 0 Å². The molecule has 0 N–H and O–H groups in total. The molecule has 0 atom stereocenters. The molecule has 0 aliphatic rings. The first-order valence-electron chi connectivity index (χ1n) is 21.1. The van der Waals surface area contributed by atoms with E-state index in [0.717, 1.165) is 89.0 Å². The summed E-state index contributed by atoms with van der Waals surface area (Å²) in [5.74, 6) is -0.351. The number of esters is 1. The van der Waals surface area contributed by atoms with Crippen LogP contribution in [0.1, 0.15) is 192 Å². The third kappa shape index (κ3) is 33.2. The lowest BCUT2D eigenvalue weighted by Crippen LogP contribution is -1.95. The van der Waals surface area contributed by atoms with Crippen molar-refractivity contribution in [2.45, 2.75) is 192 Å². The van der Waals surface area contributed by atoms with Crippen LogP contribution >= 0.6 is 0 Å². The molecule has 0 saturated heterocycles. The van der Waals surface area contributed by atoms with Crippen LogP contribution in [0, 0.1) is 0 Å². The molecule has 0 aliphatic carbocycles. The van der Waals surface area contributed by atoms with Gasteiger partial charge in [0.15, 0.2) is 0 Å². The summed E-state index contributed by atoms with van der Waals surface area (Å²) in [4.78, 5) is 11.5. The van der Waals surface area contributed by atoms with Crippen molar-refractivity contribution in [1.29, 1.82) is 0 Å². The summed E-state index contributed by atoms with van der Waals surface area (Å²) in [6.07, 6.45) is 44.6. The summed E-state index contributed by atoms with van der Waals surface area (Å²) in [5.41, 5.74) is 14.4. The van der Waals surface area contributed by atoms with Gasteiger partial charge in [0, 0.05) is 6.08 Å². The standard InChI is InChI=1S/C52H82O2/c1-13-54-52(53)41-51(12)40-22-39-50(11)38-21-37-49(10)36-20-35-48(9)34-19-33-47(8)32-18-31-46(7)30-17-29-45(6)28-16-27-44(5)26-15-25-43(4)24-14-23-42(2)3/h13,23,25,27,29,31,33,35,37,39,41H,1,14-22,24,26,28,30,32,34,36,38,40H2,2-12H3. The fraction of sp³-hybridized carbons (Fsp3) is 0.558. The van der Waals surface area contributed by atoms with Gasteiger partial charge in [-0.25, -0.2) is 4.79 Å². The van der Waals surface area contributed by atoms with Crippen LogP contribution in [0.15, 0.2) is 129 Å². The molecular formula is C52H82O2. The fourth-order valence-corrected chi connectivity index (χ4v) is 6.16. The molecule has 0 rings (SSSR count). The Kier molecular flexibility index (Phi) is 30.9. The fourth-order valence-electron chi connectivity index (χ4n) is 6.16. The van der Waals surface area contributed by atoms with Crippen molar-refractivity contribution in [3.05, 3.63) is 129 Å². The highest BCUT2D eigenvalue weighted by Gasteiger charge is 1.99. The van der Waals surface area contributed by atoms with Crippen LogP contribution in [0.3, 0.4) is 0 Å². The third-order valence-electron chi connectivity index (χ3n) is 9.91. The van der Waals surface area contributed by atoms with Gasteiger partial charge >= 0.3 is 5.97 Å². The zero-order valence-corrected chi connectivity index (χ0v) is 37.1. The van der Waals surface area contributed by atoms with Crippen LogP contribution < -0.4 is 0 Å². The van der Waals surface area contributed by atoms with Gasteiger partial charge in [-0.15, -0.1) is 0 Å². The average molecular weight is 739 g/mol. The summed E-state index contributed by atoms with van der Waals surface area (Å²) in [6, 6.07) is 0. The molecule has 0 aliphatic heterocycles. The second kappa shape index (κ2) is 33.0. The summed E-state index contributed by atoms with van der Waals surface area (Å²) < 4.78 is 4.75. The van der Waals surface area contributed by atoms with E-state index in [1.165, 1.54) is 88.5 Å². The zero-order valence-electron chi connectivity index (χ0n) is 37.1. The minimum atomic E-state index is -0.351. The second-order valence-corrected chi connectivity index (χ2v) is 16.1. The van der Waals surface area contributed by atoms with Gasteiger partial charge in [0.1, 0.15) is 0 Å². The quantitative estimate of drug-likeness (QED) is 0.0331. The molecule has 302 valence electrons. The van der Waals surface area contributed by atoms with Crippen LogP contribution in [0.4, 0.5) is 0 Å². The van der Waals surface area contributed by atoms with E-state index < -0.39 is 0 Å². The highest BCUT2D eigenvalue weighted by atomic mass is 16.5. The molecule has 0 amide bonds. The number of rotatable bonds is 29. The Morgan fingerprint density at radius 1 is 0.352 bits per heavy atom. The average Bonchev–Trinajstić information content (AvgIpc) is 3.08. The van der Waals surface area contributed by atoms with Crippen molar-refractivity contribution in [2.24, 2.45) is 0 Å². The van der Waals surface area contributed by atoms with Gasteiger partial charge in [-0.2, -0.15) is 0 Å². The topological polar surface area (TPSA) is 26.3 Å². The lowest BCUT2D eigenvalue weighted by molar-refractivity contribution is -0.132. The first-order valence-corrected chi connectivity index (χ1v) is 21.1. The van der Waals surface area contributed by atoms with Crippen molar-refractivity contribution in [1.82, 2.24) is 0 Å². The zero-order chi connectivity index (χ0) is 40.6. The number of allylic oxidation sites excluding steroid dienone is 19. The normalized spacial score (nSPS) is 14.5. The molecule has 2 heteroatoms. The van der Waals surface area contributed by atoms with Gasteiger partial charge in [-0.3, -0.25) is 0 Å². The molecule has 0 fully saturated rings. The van der Waals surface area contributed by atoms with Crippen molar-refractivity contribution in [2.75, 3.05) is 0 Å². The summed E-state index contributed by atoms with van der Waals surface area (Å²) in [5, 5.41) is 0. The Morgan fingerprint density at radius 2 is 0.556 bits per heavy atom. The Balaban J connectivity index is 4.27. The molecule has 0 aromatic heterocycles. The molecular weight excluding hydrogens is 657 g/mol.